The second kappa shape index (κ2) is 7.66. The summed E-state index contributed by atoms with van der Waals surface area (Å²) >= 11 is 0.867. The Morgan fingerprint density at radius 1 is 1.13 bits per heavy atom. The zero-order valence-electron chi connectivity index (χ0n) is 15.8. The molecule has 1 aliphatic rings. The van der Waals surface area contributed by atoms with Gasteiger partial charge in [0.05, 0.1) is 27.7 Å². The lowest BCUT2D eigenvalue weighted by Crippen LogP contribution is -2.41. The van der Waals surface area contributed by atoms with E-state index >= 15 is 0 Å². The van der Waals surface area contributed by atoms with Crippen molar-refractivity contribution in [2.24, 2.45) is 11.5 Å². The summed E-state index contributed by atoms with van der Waals surface area (Å²) in [4.78, 5) is 25.5. The van der Waals surface area contributed by atoms with Crippen LogP contribution in [0.25, 0.3) is 17.5 Å². The van der Waals surface area contributed by atoms with Gasteiger partial charge in [-0.2, -0.15) is 5.26 Å². The number of amides is 1. The average molecular weight is 436 g/mol. The molecule has 1 unspecified atom stereocenters. The van der Waals surface area contributed by atoms with Gasteiger partial charge in [-0.15, -0.1) is 11.3 Å². The zero-order valence-corrected chi connectivity index (χ0v) is 16.6. The molecule has 154 valence electrons. The van der Waals surface area contributed by atoms with E-state index in [-0.39, 0.29) is 37.3 Å². The molecule has 31 heavy (non-hydrogen) atoms. The first-order valence-electron chi connectivity index (χ1n) is 9.01. The van der Waals surface area contributed by atoms with Crippen molar-refractivity contribution in [1.29, 1.82) is 5.26 Å². The van der Waals surface area contributed by atoms with Crippen LogP contribution in [0.3, 0.4) is 0 Å². The Morgan fingerprint density at radius 2 is 1.77 bits per heavy atom. The van der Waals surface area contributed by atoms with Crippen LogP contribution in [0.15, 0.2) is 58.9 Å². The maximum absolute atomic E-state index is 14.6. The van der Waals surface area contributed by atoms with E-state index in [0.717, 1.165) is 15.9 Å². The molecule has 4 rings (SSSR count). The van der Waals surface area contributed by atoms with E-state index in [1.807, 2.05) is 6.07 Å². The number of primary amides is 1. The number of nitrogens with two attached hydrogens (primary N) is 2. The van der Waals surface area contributed by atoms with Crippen LogP contribution in [0.1, 0.15) is 17.0 Å². The van der Waals surface area contributed by atoms with Crippen LogP contribution in [0, 0.1) is 23.0 Å². The van der Waals surface area contributed by atoms with Crippen molar-refractivity contribution in [3.63, 3.8) is 0 Å². The number of thiazole rings is 1. The van der Waals surface area contributed by atoms with Crippen molar-refractivity contribution in [1.82, 2.24) is 4.57 Å². The SMILES string of the molecule is N#CC1=C(N)n2c(s/c(=C/c3ccccc3F)c2=O)=C(C(N)=O)C1c1ccccc1F. The maximum atomic E-state index is 14.6. The smallest absolute Gasteiger partial charge is 0.274 e. The lowest BCUT2D eigenvalue weighted by Gasteiger charge is -2.24. The third kappa shape index (κ3) is 3.23. The van der Waals surface area contributed by atoms with Gasteiger partial charge >= 0.3 is 0 Å². The minimum atomic E-state index is -1.18. The van der Waals surface area contributed by atoms with E-state index in [9.17, 15) is 23.6 Å². The van der Waals surface area contributed by atoms with Gasteiger partial charge < -0.3 is 11.5 Å². The van der Waals surface area contributed by atoms with E-state index in [0.29, 0.717) is 0 Å². The molecule has 1 amide bonds. The van der Waals surface area contributed by atoms with Crippen molar-refractivity contribution in [2.75, 3.05) is 0 Å². The molecular weight excluding hydrogens is 422 g/mol. The minimum absolute atomic E-state index is 0.0301. The summed E-state index contributed by atoms with van der Waals surface area (Å²) in [6, 6.07) is 13.4. The zero-order chi connectivity index (χ0) is 22.3. The second-order valence-corrected chi connectivity index (χ2v) is 7.75. The lowest BCUT2D eigenvalue weighted by molar-refractivity contribution is -0.113. The summed E-state index contributed by atoms with van der Waals surface area (Å²) in [6.45, 7) is 0. The molecule has 1 atom stereocenters. The third-order valence-corrected chi connectivity index (χ3v) is 6.05. The van der Waals surface area contributed by atoms with Crippen LogP contribution in [0.2, 0.25) is 0 Å². The molecule has 4 N–H and O–H groups in total. The van der Waals surface area contributed by atoms with Crippen LogP contribution in [-0.4, -0.2) is 10.5 Å². The van der Waals surface area contributed by atoms with Gasteiger partial charge in [0.15, 0.2) is 0 Å². The molecule has 2 aromatic carbocycles. The number of rotatable bonds is 3. The van der Waals surface area contributed by atoms with Gasteiger partial charge in [-0.05, 0) is 18.2 Å². The van der Waals surface area contributed by atoms with Gasteiger partial charge in [0.25, 0.3) is 5.56 Å². The molecule has 6 nitrogen and oxygen atoms in total. The van der Waals surface area contributed by atoms with Crippen LogP contribution >= 0.6 is 11.3 Å². The highest BCUT2D eigenvalue weighted by molar-refractivity contribution is 7.07. The van der Waals surface area contributed by atoms with Gasteiger partial charge in [0.1, 0.15) is 22.1 Å². The number of nitrogens with zero attached hydrogens (tertiary/aromatic N) is 2. The molecule has 0 bridgehead atoms. The van der Waals surface area contributed by atoms with Crippen molar-refractivity contribution in [3.05, 3.63) is 96.4 Å². The number of benzene rings is 2. The molecule has 9 heteroatoms. The first kappa shape index (κ1) is 20.3. The Bertz CT molecular complexity index is 1490. The Balaban J connectivity index is 2.13. The number of carbonyl (C=O) groups is 1. The Morgan fingerprint density at radius 3 is 2.39 bits per heavy atom. The summed E-state index contributed by atoms with van der Waals surface area (Å²) in [5.41, 5.74) is 11.0. The van der Waals surface area contributed by atoms with E-state index < -0.39 is 29.0 Å². The highest BCUT2D eigenvalue weighted by atomic mass is 32.1. The predicted molar refractivity (Wildman–Crippen MR) is 113 cm³/mol. The topological polar surface area (TPSA) is 115 Å². The van der Waals surface area contributed by atoms with Crippen molar-refractivity contribution >= 4 is 34.7 Å². The van der Waals surface area contributed by atoms with Gasteiger partial charge in [-0.25, -0.2) is 8.78 Å². The Hall–Kier alpha value is -4.03. The van der Waals surface area contributed by atoms with Gasteiger partial charge in [0, 0.05) is 11.1 Å². The lowest BCUT2D eigenvalue weighted by atomic mass is 9.83. The van der Waals surface area contributed by atoms with E-state index in [4.69, 9.17) is 11.5 Å². The number of aromatic nitrogens is 1. The van der Waals surface area contributed by atoms with Crippen molar-refractivity contribution < 1.29 is 13.6 Å². The summed E-state index contributed by atoms with van der Waals surface area (Å²) in [5, 5.41) is 9.73. The standard InChI is InChI=1S/C22H14F2N4O2S/c23-14-7-3-1-5-11(14)9-16-21(30)28-19(26)13(10-25)17(12-6-2-4-8-15(12)24)18(20(27)29)22(28)31-16/h1-9,17H,26H2,(H2,27,29)/b16-9+. The Labute approximate surface area is 178 Å². The van der Waals surface area contributed by atoms with Gasteiger partial charge in [0.2, 0.25) is 5.91 Å². The molecule has 0 spiro atoms. The first-order valence-corrected chi connectivity index (χ1v) is 9.83. The molecule has 0 saturated carbocycles. The molecule has 1 aromatic heterocycles. The second-order valence-electron chi connectivity index (χ2n) is 6.72. The van der Waals surface area contributed by atoms with E-state index in [2.05, 4.69) is 0 Å². The normalized spacial score (nSPS) is 16.2. The van der Waals surface area contributed by atoms with E-state index in [1.165, 1.54) is 42.5 Å². The maximum Gasteiger partial charge on any atom is 0.274 e. The fourth-order valence-corrected chi connectivity index (χ4v) is 4.71. The number of hydrogen-bond acceptors (Lipinski definition) is 5. The number of carbonyl (C=O) groups excluding carboxylic acids is 1. The molecule has 1 aliphatic heterocycles. The fourth-order valence-electron chi connectivity index (χ4n) is 3.54. The molecule has 0 saturated heterocycles. The van der Waals surface area contributed by atoms with Gasteiger partial charge in [-0.3, -0.25) is 14.2 Å². The monoisotopic (exact) mass is 436 g/mol. The largest absolute Gasteiger partial charge is 0.384 e. The molecule has 3 aromatic rings. The molecule has 0 radical (unpaired) electrons. The molecule has 0 aliphatic carbocycles. The number of hydrogen-bond donors (Lipinski definition) is 2. The van der Waals surface area contributed by atoms with Crippen LogP contribution < -0.4 is 26.2 Å². The highest BCUT2D eigenvalue weighted by Gasteiger charge is 2.35. The summed E-state index contributed by atoms with van der Waals surface area (Å²) < 4.78 is 29.8. The number of allylic oxidation sites excluding steroid dienone is 1. The third-order valence-electron chi connectivity index (χ3n) is 4.94. The number of halogens is 2. The molecule has 2 heterocycles. The first-order chi connectivity index (χ1) is 14.8. The summed E-state index contributed by atoms with van der Waals surface area (Å²) in [6.07, 6.45) is 1.32. The van der Waals surface area contributed by atoms with Gasteiger partial charge in [-0.1, -0.05) is 36.4 Å². The quantitative estimate of drug-likeness (QED) is 0.640. The summed E-state index contributed by atoms with van der Waals surface area (Å²) in [7, 11) is 0. The van der Waals surface area contributed by atoms with E-state index in [1.54, 1.807) is 12.1 Å². The van der Waals surface area contributed by atoms with Crippen LogP contribution in [-0.2, 0) is 4.79 Å². The minimum Gasteiger partial charge on any atom is -0.384 e. The van der Waals surface area contributed by atoms with Crippen LogP contribution in [0.5, 0.6) is 0 Å². The Kier molecular flexibility index (Phi) is 5.01. The fraction of sp³-hybridized carbons (Fsp3) is 0.0455. The van der Waals surface area contributed by atoms with Crippen molar-refractivity contribution in [3.8, 4) is 6.07 Å². The number of fused-ring (bicyclic) bond motifs is 1. The molecular formula is C22H14F2N4O2S. The predicted octanol–water partition coefficient (Wildman–Crippen LogP) is 1.10. The van der Waals surface area contributed by atoms with Crippen molar-refractivity contribution in [2.45, 2.75) is 5.92 Å². The number of nitriles is 1. The average Bonchev–Trinajstić information content (AvgIpc) is 3.05. The van der Waals surface area contributed by atoms with Crippen LogP contribution in [0.4, 0.5) is 8.78 Å². The highest BCUT2D eigenvalue weighted by Crippen LogP contribution is 2.36. The molecule has 0 fully saturated rings. The summed E-state index contributed by atoms with van der Waals surface area (Å²) in [5.74, 6) is -3.53.